The Hall–Kier alpha value is -2.62. The first-order chi connectivity index (χ1) is 11.1. The Morgan fingerprint density at radius 2 is 1.78 bits per heavy atom. The predicted molar refractivity (Wildman–Crippen MR) is 90.5 cm³/mol. The number of hydrogen-bond acceptors (Lipinski definition) is 2. The molecule has 1 saturated heterocycles. The van der Waals surface area contributed by atoms with Gasteiger partial charge in [-0.2, -0.15) is 0 Å². The lowest BCUT2D eigenvalue weighted by atomic mass is 10.1. The minimum Gasteiger partial charge on any atom is -0.329 e. The highest BCUT2D eigenvalue weighted by molar-refractivity contribution is 6.00. The molecule has 23 heavy (non-hydrogen) atoms. The molecule has 3 rings (SSSR count). The van der Waals surface area contributed by atoms with Gasteiger partial charge in [-0.3, -0.25) is 9.59 Å². The van der Waals surface area contributed by atoms with Crippen LogP contribution in [0, 0.1) is 6.92 Å². The van der Waals surface area contributed by atoms with Gasteiger partial charge in [0.15, 0.2) is 0 Å². The largest absolute Gasteiger partial charge is 0.329 e. The molecule has 0 saturated carbocycles. The maximum absolute atomic E-state index is 12.6. The van der Waals surface area contributed by atoms with Crippen molar-refractivity contribution in [2.75, 3.05) is 24.5 Å². The zero-order valence-electron chi connectivity index (χ0n) is 13.2. The summed E-state index contributed by atoms with van der Waals surface area (Å²) in [5, 5.41) is 0. The van der Waals surface area contributed by atoms with E-state index in [1.54, 1.807) is 15.9 Å². The summed E-state index contributed by atoms with van der Waals surface area (Å²) >= 11 is 0. The van der Waals surface area contributed by atoms with Gasteiger partial charge in [-0.05, 0) is 37.6 Å². The molecule has 4 nitrogen and oxygen atoms in total. The van der Waals surface area contributed by atoms with Crippen LogP contribution < -0.4 is 4.90 Å². The standard InChI is InChI=1S/C19H20N2O2/c1-15-7-5-8-16(13-15)19(23)20-11-6-12-21(18(22)14-20)17-9-3-2-4-10-17/h2-5,7-10,13H,6,11-12,14H2,1H3. The smallest absolute Gasteiger partial charge is 0.254 e. The molecule has 2 aromatic carbocycles. The van der Waals surface area contributed by atoms with E-state index in [2.05, 4.69) is 0 Å². The molecule has 1 fully saturated rings. The number of hydrogen-bond donors (Lipinski definition) is 0. The van der Waals surface area contributed by atoms with Gasteiger partial charge in [-0.15, -0.1) is 0 Å². The van der Waals surface area contributed by atoms with Gasteiger partial charge in [-0.1, -0.05) is 35.9 Å². The molecule has 118 valence electrons. The first-order valence-electron chi connectivity index (χ1n) is 7.86. The van der Waals surface area contributed by atoms with Crippen LogP contribution in [0.4, 0.5) is 5.69 Å². The number of nitrogens with zero attached hydrogens (tertiary/aromatic N) is 2. The van der Waals surface area contributed by atoms with Crippen LogP contribution in [0.5, 0.6) is 0 Å². The highest BCUT2D eigenvalue weighted by atomic mass is 16.2. The maximum atomic E-state index is 12.6. The van der Waals surface area contributed by atoms with Crippen LogP contribution in [0.25, 0.3) is 0 Å². The summed E-state index contributed by atoms with van der Waals surface area (Å²) < 4.78 is 0. The predicted octanol–water partition coefficient (Wildman–Crippen LogP) is 2.87. The van der Waals surface area contributed by atoms with E-state index >= 15 is 0 Å². The van der Waals surface area contributed by atoms with Crippen LogP contribution >= 0.6 is 0 Å². The van der Waals surface area contributed by atoms with E-state index in [0.29, 0.717) is 18.7 Å². The topological polar surface area (TPSA) is 40.6 Å². The lowest BCUT2D eigenvalue weighted by Crippen LogP contribution is -2.39. The normalized spacial score (nSPS) is 15.4. The minimum absolute atomic E-state index is 0.0327. The van der Waals surface area contributed by atoms with Crippen LogP contribution in [0.2, 0.25) is 0 Å². The molecule has 1 aliphatic heterocycles. The van der Waals surface area contributed by atoms with Crippen molar-refractivity contribution >= 4 is 17.5 Å². The summed E-state index contributed by atoms with van der Waals surface area (Å²) in [6.45, 7) is 3.32. The molecule has 0 aromatic heterocycles. The average Bonchev–Trinajstić information content (AvgIpc) is 2.76. The number of amides is 2. The van der Waals surface area contributed by atoms with E-state index in [9.17, 15) is 9.59 Å². The molecule has 2 amide bonds. The quantitative estimate of drug-likeness (QED) is 0.856. The van der Waals surface area contributed by atoms with Gasteiger partial charge in [-0.25, -0.2) is 0 Å². The molecule has 0 radical (unpaired) electrons. The van der Waals surface area contributed by atoms with Gasteiger partial charge in [0.05, 0.1) is 0 Å². The number of rotatable bonds is 2. The highest BCUT2D eigenvalue weighted by Gasteiger charge is 2.26. The number of carbonyl (C=O) groups excluding carboxylic acids is 2. The van der Waals surface area contributed by atoms with Crippen LogP contribution in [0.1, 0.15) is 22.3 Å². The van der Waals surface area contributed by atoms with Crippen molar-refractivity contribution in [3.63, 3.8) is 0 Å². The maximum Gasteiger partial charge on any atom is 0.254 e. The van der Waals surface area contributed by atoms with E-state index < -0.39 is 0 Å². The molecule has 0 bridgehead atoms. The SMILES string of the molecule is Cc1cccc(C(=O)N2CCCN(c3ccccc3)C(=O)C2)c1. The Morgan fingerprint density at radius 1 is 1.00 bits per heavy atom. The first kappa shape index (κ1) is 15.3. The van der Waals surface area contributed by atoms with Crippen molar-refractivity contribution in [3.8, 4) is 0 Å². The highest BCUT2D eigenvalue weighted by Crippen LogP contribution is 2.18. The number of anilines is 1. The first-order valence-corrected chi connectivity index (χ1v) is 7.86. The van der Waals surface area contributed by atoms with E-state index in [4.69, 9.17) is 0 Å². The fourth-order valence-corrected chi connectivity index (χ4v) is 2.89. The molecule has 1 heterocycles. The molecule has 4 heteroatoms. The van der Waals surface area contributed by atoms with E-state index in [1.807, 2.05) is 55.5 Å². The second kappa shape index (κ2) is 6.65. The number of benzene rings is 2. The third kappa shape index (κ3) is 3.42. The molecular weight excluding hydrogens is 288 g/mol. The summed E-state index contributed by atoms with van der Waals surface area (Å²) in [6.07, 6.45) is 0.776. The second-order valence-electron chi connectivity index (χ2n) is 5.83. The minimum atomic E-state index is -0.0723. The second-order valence-corrected chi connectivity index (χ2v) is 5.83. The molecule has 0 atom stereocenters. The molecule has 1 aliphatic rings. The average molecular weight is 308 g/mol. The Labute approximate surface area is 136 Å². The van der Waals surface area contributed by atoms with Crippen molar-refractivity contribution in [3.05, 3.63) is 65.7 Å². The fraction of sp³-hybridized carbons (Fsp3) is 0.263. The van der Waals surface area contributed by atoms with Gasteiger partial charge in [0.25, 0.3) is 5.91 Å². The van der Waals surface area contributed by atoms with E-state index in [1.165, 1.54) is 0 Å². The van der Waals surface area contributed by atoms with E-state index in [0.717, 1.165) is 17.7 Å². The van der Waals surface area contributed by atoms with Crippen LogP contribution in [0.3, 0.4) is 0 Å². The van der Waals surface area contributed by atoms with Gasteiger partial charge < -0.3 is 9.80 Å². The fourth-order valence-electron chi connectivity index (χ4n) is 2.89. The monoisotopic (exact) mass is 308 g/mol. The summed E-state index contributed by atoms with van der Waals surface area (Å²) in [5.74, 6) is -0.105. The van der Waals surface area contributed by atoms with Crippen molar-refractivity contribution < 1.29 is 9.59 Å². The summed E-state index contributed by atoms with van der Waals surface area (Å²) in [5.41, 5.74) is 2.58. The molecule has 2 aromatic rings. The zero-order valence-corrected chi connectivity index (χ0v) is 13.2. The molecule has 0 aliphatic carbocycles. The van der Waals surface area contributed by atoms with Crippen molar-refractivity contribution in [1.29, 1.82) is 0 Å². The Kier molecular flexibility index (Phi) is 4.42. The zero-order chi connectivity index (χ0) is 16.2. The Bertz CT molecular complexity index is 712. The van der Waals surface area contributed by atoms with Crippen LogP contribution in [0.15, 0.2) is 54.6 Å². The summed E-state index contributed by atoms with van der Waals surface area (Å²) in [7, 11) is 0. The lowest BCUT2D eigenvalue weighted by Gasteiger charge is -2.22. The van der Waals surface area contributed by atoms with Gasteiger partial charge in [0.2, 0.25) is 5.91 Å². The van der Waals surface area contributed by atoms with Crippen LogP contribution in [-0.2, 0) is 4.79 Å². The third-order valence-corrected chi connectivity index (χ3v) is 4.06. The van der Waals surface area contributed by atoms with Gasteiger partial charge >= 0.3 is 0 Å². The van der Waals surface area contributed by atoms with E-state index in [-0.39, 0.29) is 18.4 Å². The molecule has 0 unspecified atom stereocenters. The Morgan fingerprint density at radius 3 is 2.52 bits per heavy atom. The molecule has 0 spiro atoms. The van der Waals surface area contributed by atoms with Gasteiger partial charge in [0.1, 0.15) is 6.54 Å². The van der Waals surface area contributed by atoms with Gasteiger partial charge in [0, 0.05) is 24.3 Å². The third-order valence-electron chi connectivity index (χ3n) is 4.06. The number of para-hydroxylation sites is 1. The summed E-state index contributed by atoms with van der Waals surface area (Å²) in [6, 6.07) is 17.1. The lowest BCUT2D eigenvalue weighted by molar-refractivity contribution is -0.118. The molecule has 0 N–H and O–H groups in total. The number of carbonyl (C=O) groups is 2. The number of aryl methyl sites for hydroxylation is 1. The molecular formula is C19H20N2O2. The Balaban J connectivity index is 1.77. The summed E-state index contributed by atoms with van der Waals surface area (Å²) in [4.78, 5) is 28.6. The van der Waals surface area contributed by atoms with Crippen molar-refractivity contribution in [2.24, 2.45) is 0 Å². The van der Waals surface area contributed by atoms with Crippen molar-refractivity contribution in [2.45, 2.75) is 13.3 Å². The van der Waals surface area contributed by atoms with Crippen molar-refractivity contribution in [1.82, 2.24) is 4.90 Å². The van der Waals surface area contributed by atoms with Crippen LogP contribution in [-0.4, -0.2) is 36.3 Å².